The number of aliphatic hydroxyl groups is 2. The summed E-state index contributed by atoms with van der Waals surface area (Å²) in [5.74, 6) is -0.854. The second kappa shape index (κ2) is 8.08. The highest BCUT2D eigenvalue weighted by atomic mass is 16.5. The van der Waals surface area contributed by atoms with Crippen LogP contribution in [0.25, 0.3) is 0 Å². The summed E-state index contributed by atoms with van der Waals surface area (Å²) in [5.41, 5.74) is -0.00942. The van der Waals surface area contributed by atoms with Crippen LogP contribution in [0.4, 0.5) is 10.5 Å². The number of carbonyl (C=O) groups is 2. The number of nitrogens with one attached hydrogen (secondary N) is 1. The lowest BCUT2D eigenvalue weighted by Gasteiger charge is -2.21. The molecule has 0 bridgehead atoms. The van der Waals surface area contributed by atoms with Crippen molar-refractivity contribution in [3.05, 3.63) is 23.8 Å². The predicted molar refractivity (Wildman–Crippen MR) is 74.7 cm³/mol. The van der Waals surface area contributed by atoms with Gasteiger partial charge in [-0.15, -0.1) is 0 Å². The Kier molecular flexibility index (Phi) is 6.44. The molecule has 8 nitrogen and oxygen atoms in total. The van der Waals surface area contributed by atoms with E-state index in [-0.39, 0.29) is 37.6 Å². The van der Waals surface area contributed by atoms with Gasteiger partial charge in [0.15, 0.2) is 0 Å². The average molecular weight is 298 g/mol. The van der Waals surface area contributed by atoms with Gasteiger partial charge in [-0.1, -0.05) is 0 Å². The molecule has 1 rings (SSSR count). The number of methoxy groups -OCH3 is 1. The second-order valence-corrected chi connectivity index (χ2v) is 4.08. The highest BCUT2D eigenvalue weighted by Gasteiger charge is 2.17. The Hall–Kier alpha value is -2.32. The number of anilines is 1. The summed E-state index contributed by atoms with van der Waals surface area (Å²) in [6, 6.07) is 3.62. The monoisotopic (exact) mass is 298 g/mol. The van der Waals surface area contributed by atoms with E-state index in [9.17, 15) is 9.59 Å². The smallest absolute Gasteiger partial charge is 0.337 e. The predicted octanol–water partition coefficient (Wildman–Crippen LogP) is 0.212. The number of nitrogens with zero attached hydrogens (tertiary/aromatic N) is 1. The number of urea groups is 1. The Labute approximate surface area is 121 Å². The summed E-state index contributed by atoms with van der Waals surface area (Å²) in [6.07, 6.45) is 0. The summed E-state index contributed by atoms with van der Waals surface area (Å²) in [4.78, 5) is 24.4. The van der Waals surface area contributed by atoms with E-state index in [1.165, 1.54) is 30.2 Å². The third-order valence-corrected chi connectivity index (χ3v) is 2.73. The molecule has 0 heterocycles. The second-order valence-electron chi connectivity index (χ2n) is 4.08. The van der Waals surface area contributed by atoms with Gasteiger partial charge in [0.25, 0.3) is 0 Å². The number of aliphatic hydroxyl groups excluding tert-OH is 2. The van der Waals surface area contributed by atoms with Crippen molar-refractivity contribution < 1.29 is 29.6 Å². The molecular weight excluding hydrogens is 280 g/mol. The minimum atomic E-state index is -1.21. The minimum absolute atomic E-state index is 0.0327. The minimum Gasteiger partial charge on any atom is -0.497 e. The van der Waals surface area contributed by atoms with Crippen molar-refractivity contribution in [1.82, 2.24) is 4.90 Å². The Morgan fingerprint density at radius 3 is 2.33 bits per heavy atom. The summed E-state index contributed by atoms with van der Waals surface area (Å²) in [7, 11) is 1.41. The molecule has 0 atom stereocenters. The third kappa shape index (κ3) is 4.62. The van der Waals surface area contributed by atoms with Crippen molar-refractivity contribution >= 4 is 17.7 Å². The van der Waals surface area contributed by atoms with Crippen molar-refractivity contribution in [2.75, 3.05) is 38.7 Å². The molecule has 0 saturated heterocycles. The fourth-order valence-electron chi connectivity index (χ4n) is 1.69. The number of benzene rings is 1. The van der Waals surface area contributed by atoms with Crippen molar-refractivity contribution in [2.45, 2.75) is 0 Å². The Bertz CT molecular complexity index is 499. The molecule has 1 aromatic carbocycles. The summed E-state index contributed by atoms with van der Waals surface area (Å²) >= 11 is 0. The first-order chi connectivity index (χ1) is 10.0. The Morgan fingerprint density at radius 2 is 1.86 bits per heavy atom. The molecule has 116 valence electrons. The first-order valence-corrected chi connectivity index (χ1v) is 6.22. The van der Waals surface area contributed by atoms with E-state index in [0.29, 0.717) is 5.75 Å². The fraction of sp³-hybridized carbons (Fsp3) is 0.385. The van der Waals surface area contributed by atoms with E-state index in [0.717, 1.165) is 0 Å². The lowest BCUT2D eigenvalue weighted by atomic mass is 10.1. The van der Waals surface area contributed by atoms with E-state index in [2.05, 4.69) is 5.32 Å². The maximum atomic E-state index is 12.0. The van der Waals surface area contributed by atoms with Crippen LogP contribution in [-0.4, -0.2) is 65.6 Å². The molecule has 8 heteroatoms. The highest BCUT2D eigenvalue weighted by molar-refractivity contribution is 6.00. The zero-order chi connectivity index (χ0) is 15.8. The quantitative estimate of drug-likeness (QED) is 0.571. The molecule has 0 aromatic heterocycles. The third-order valence-electron chi connectivity index (χ3n) is 2.73. The molecule has 4 N–H and O–H groups in total. The standard InChI is InChI=1S/C13H18N2O6/c1-21-9-2-3-11(10(8-9)12(18)19)14-13(20)15(4-6-16)5-7-17/h2-3,8,16-17H,4-7H2,1H3,(H,14,20)(H,18,19). The molecule has 1 aromatic rings. The zero-order valence-electron chi connectivity index (χ0n) is 11.6. The van der Waals surface area contributed by atoms with Crippen molar-refractivity contribution in [2.24, 2.45) is 0 Å². The van der Waals surface area contributed by atoms with Gasteiger partial charge in [0.05, 0.1) is 31.6 Å². The zero-order valence-corrected chi connectivity index (χ0v) is 11.6. The molecule has 0 radical (unpaired) electrons. The number of ether oxygens (including phenoxy) is 1. The van der Waals surface area contributed by atoms with E-state index < -0.39 is 12.0 Å². The van der Waals surface area contributed by atoms with Crippen LogP contribution < -0.4 is 10.1 Å². The van der Waals surface area contributed by atoms with Gasteiger partial charge in [-0.2, -0.15) is 0 Å². The SMILES string of the molecule is COc1ccc(NC(=O)N(CCO)CCO)c(C(=O)O)c1. The van der Waals surface area contributed by atoms with Crippen LogP contribution in [0.1, 0.15) is 10.4 Å². The molecule has 0 unspecified atom stereocenters. The summed E-state index contributed by atoms with van der Waals surface area (Å²) in [5, 5.41) is 29.3. The maximum absolute atomic E-state index is 12.0. The van der Waals surface area contributed by atoms with Crippen LogP contribution in [-0.2, 0) is 0 Å². The van der Waals surface area contributed by atoms with Gasteiger partial charge < -0.3 is 30.3 Å². The van der Waals surface area contributed by atoms with Crippen LogP contribution in [0, 0.1) is 0 Å². The molecule has 0 saturated carbocycles. The number of carboxylic acids is 1. The van der Waals surface area contributed by atoms with Gasteiger partial charge >= 0.3 is 12.0 Å². The number of aromatic carboxylic acids is 1. The number of hydrogen-bond acceptors (Lipinski definition) is 5. The summed E-state index contributed by atoms with van der Waals surface area (Å²) < 4.78 is 4.94. The molecule has 0 aliphatic rings. The molecule has 21 heavy (non-hydrogen) atoms. The molecule has 0 aliphatic carbocycles. The van der Waals surface area contributed by atoms with Gasteiger partial charge in [-0.3, -0.25) is 0 Å². The van der Waals surface area contributed by atoms with Crippen LogP contribution >= 0.6 is 0 Å². The molecule has 2 amide bonds. The van der Waals surface area contributed by atoms with Gasteiger partial charge in [0.1, 0.15) is 5.75 Å². The first-order valence-electron chi connectivity index (χ1n) is 6.22. The number of amides is 2. The van der Waals surface area contributed by atoms with Crippen LogP contribution in [0.3, 0.4) is 0 Å². The van der Waals surface area contributed by atoms with Crippen molar-refractivity contribution in [1.29, 1.82) is 0 Å². The largest absolute Gasteiger partial charge is 0.497 e. The number of hydrogen-bond donors (Lipinski definition) is 4. The number of carboxylic acid groups (broad SMARTS) is 1. The molecule has 0 fully saturated rings. The van der Waals surface area contributed by atoms with Crippen LogP contribution in [0.2, 0.25) is 0 Å². The van der Waals surface area contributed by atoms with E-state index in [4.69, 9.17) is 20.1 Å². The summed E-state index contributed by atoms with van der Waals surface area (Å²) in [6.45, 7) is -0.459. The van der Waals surface area contributed by atoms with Gasteiger partial charge in [-0.05, 0) is 18.2 Å². The Balaban J connectivity index is 2.95. The lowest BCUT2D eigenvalue weighted by molar-refractivity contribution is 0.0697. The number of carbonyl (C=O) groups excluding carboxylic acids is 1. The van der Waals surface area contributed by atoms with E-state index in [1.807, 2.05) is 0 Å². The number of rotatable bonds is 7. The fourth-order valence-corrected chi connectivity index (χ4v) is 1.69. The molecule has 0 aliphatic heterocycles. The molecular formula is C13H18N2O6. The van der Waals surface area contributed by atoms with E-state index >= 15 is 0 Å². The lowest BCUT2D eigenvalue weighted by Crippen LogP contribution is -2.39. The maximum Gasteiger partial charge on any atom is 0.337 e. The van der Waals surface area contributed by atoms with Gasteiger partial charge in [0.2, 0.25) is 0 Å². The molecule has 0 spiro atoms. The first kappa shape index (κ1) is 16.7. The van der Waals surface area contributed by atoms with Crippen LogP contribution in [0.15, 0.2) is 18.2 Å². The van der Waals surface area contributed by atoms with E-state index in [1.54, 1.807) is 0 Å². The van der Waals surface area contributed by atoms with Crippen LogP contribution in [0.5, 0.6) is 5.75 Å². The topological polar surface area (TPSA) is 119 Å². The highest BCUT2D eigenvalue weighted by Crippen LogP contribution is 2.22. The van der Waals surface area contributed by atoms with Gasteiger partial charge in [-0.25, -0.2) is 9.59 Å². The normalized spacial score (nSPS) is 10.0. The van der Waals surface area contributed by atoms with Crippen molar-refractivity contribution in [3.63, 3.8) is 0 Å². The van der Waals surface area contributed by atoms with Crippen molar-refractivity contribution in [3.8, 4) is 5.75 Å². The van der Waals surface area contributed by atoms with Gasteiger partial charge in [0, 0.05) is 13.1 Å². The Morgan fingerprint density at radius 1 is 1.24 bits per heavy atom. The average Bonchev–Trinajstić information content (AvgIpc) is 2.47.